The van der Waals surface area contributed by atoms with Gasteiger partial charge in [-0.1, -0.05) is 24.3 Å². The van der Waals surface area contributed by atoms with Gasteiger partial charge in [-0.25, -0.2) is 4.39 Å². The summed E-state index contributed by atoms with van der Waals surface area (Å²) in [6.45, 7) is 2.16. The van der Waals surface area contributed by atoms with Gasteiger partial charge >= 0.3 is 11.8 Å². The van der Waals surface area contributed by atoms with E-state index in [1.54, 1.807) is 54.3 Å². The van der Waals surface area contributed by atoms with Crippen molar-refractivity contribution in [2.45, 2.75) is 25.4 Å². The third kappa shape index (κ3) is 5.26. The van der Waals surface area contributed by atoms with Crippen molar-refractivity contribution in [2.75, 3.05) is 30.4 Å². The highest BCUT2D eigenvalue weighted by molar-refractivity contribution is 7.12. The fraction of sp³-hybridized carbons (Fsp3) is 0.269. The SMILES string of the molecule is COC(C)(CNC(=O)C(=O)Nc1ccc2c(c1)CCCN2C(=O)c1cccs1)c1ccccc1F. The number of methoxy groups -OCH3 is 1. The standard InChI is InChI=1S/C26H26FN3O4S/c1-26(34-2,19-8-3-4-9-20(19)27)16-28-23(31)24(32)29-18-11-12-21-17(15-18)7-5-13-30(21)25(33)22-10-6-14-35-22/h3-4,6,8-12,14-15H,5,7,13,16H2,1-2H3,(H,28,31)(H,29,32). The topological polar surface area (TPSA) is 87.7 Å². The lowest BCUT2D eigenvalue weighted by atomic mass is 9.95. The van der Waals surface area contributed by atoms with E-state index in [-0.39, 0.29) is 18.0 Å². The molecule has 1 aliphatic heterocycles. The van der Waals surface area contributed by atoms with Crippen LogP contribution in [0.5, 0.6) is 0 Å². The second-order valence-corrected chi connectivity index (χ2v) is 9.38. The summed E-state index contributed by atoms with van der Waals surface area (Å²) >= 11 is 1.40. The molecule has 1 unspecified atom stereocenters. The summed E-state index contributed by atoms with van der Waals surface area (Å²) in [6.07, 6.45) is 1.56. The molecule has 1 atom stereocenters. The number of aryl methyl sites for hydroxylation is 1. The number of carbonyl (C=O) groups is 3. The smallest absolute Gasteiger partial charge is 0.313 e. The molecular formula is C26H26FN3O4S. The normalized spacial score (nSPS) is 14.5. The van der Waals surface area contributed by atoms with Crippen molar-refractivity contribution in [3.63, 3.8) is 0 Å². The summed E-state index contributed by atoms with van der Waals surface area (Å²) in [7, 11) is 1.41. The summed E-state index contributed by atoms with van der Waals surface area (Å²) in [5.74, 6) is -2.22. The molecule has 0 fully saturated rings. The predicted octanol–water partition coefficient (Wildman–Crippen LogP) is 4.10. The van der Waals surface area contributed by atoms with E-state index in [9.17, 15) is 18.8 Å². The van der Waals surface area contributed by atoms with Crippen LogP contribution < -0.4 is 15.5 Å². The minimum absolute atomic E-state index is 0.0480. The Morgan fingerprint density at radius 2 is 1.91 bits per heavy atom. The Balaban J connectivity index is 1.41. The van der Waals surface area contributed by atoms with E-state index in [0.29, 0.717) is 17.1 Å². The number of rotatable bonds is 6. The van der Waals surface area contributed by atoms with Gasteiger partial charge in [0.2, 0.25) is 0 Å². The van der Waals surface area contributed by atoms with Gasteiger partial charge in [0.1, 0.15) is 11.4 Å². The van der Waals surface area contributed by atoms with Gasteiger partial charge < -0.3 is 20.3 Å². The highest BCUT2D eigenvalue weighted by atomic mass is 32.1. The first-order valence-corrected chi connectivity index (χ1v) is 12.1. The van der Waals surface area contributed by atoms with E-state index in [1.807, 2.05) is 11.4 Å². The maximum Gasteiger partial charge on any atom is 0.313 e. The molecule has 3 amide bonds. The molecule has 2 N–H and O–H groups in total. The maximum absolute atomic E-state index is 14.2. The van der Waals surface area contributed by atoms with Crippen LogP contribution in [-0.4, -0.2) is 37.9 Å². The molecule has 2 aromatic carbocycles. The summed E-state index contributed by atoms with van der Waals surface area (Å²) in [6, 6.07) is 15.0. The van der Waals surface area contributed by atoms with E-state index >= 15 is 0 Å². The third-order valence-corrected chi connectivity index (χ3v) is 6.98. The van der Waals surface area contributed by atoms with Gasteiger partial charge in [-0.05, 0) is 61.0 Å². The molecule has 0 saturated heterocycles. The van der Waals surface area contributed by atoms with Gasteiger partial charge in [-0.15, -0.1) is 11.3 Å². The molecule has 1 aliphatic rings. The lowest BCUT2D eigenvalue weighted by Crippen LogP contribution is -2.44. The number of nitrogens with zero attached hydrogens (tertiary/aromatic N) is 1. The number of fused-ring (bicyclic) bond motifs is 1. The molecule has 0 bridgehead atoms. The summed E-state index contributed by atoms with van der Waals surface area (Å²) in [5.41, 5.74) is 1.31. The minimum Gasteiger partial charge on any atom is -0.372 e. The first-order valence-electron chi connectivity index (χ1n) is 11.2. The molecule has 3 aromatic rings. The van der Waals surface area contributed by atoms with Crippen LogP contribution in [0.15, 0.2) is 60.0 Å². The van der Waals surface area contributed by atoms with Gasteiger partial charge in [0.15, 0.2) is 0 Å². The Kier molecular flexibility index (Phi) is 7.28. The Morgan fingerprint density at radius 3 is 2.63 bits per heavy atom. The number of nitrogens with one attached hydrogen (secondary N) is 2. The van der Waals surface area contributed by atoms with Crippen molar-refractivity contribution in [3.8, 4) is 0 Å². The monoisotopic (exact) mass is 495 g/mol. The molecule has 0 radical (unpaired) electrons. The van der Waals surface area contributed by atoms with Crippen LogP contribution in [0.3, 0.4) is 0 Å². The third-order valence-electron chi connectivity index (χ3n) is 6.12. The number of ether oxygens (including phenoxy) is 1. The zero-order valence-electron chi connectivity index (χ0n) is 19.5. The lowest BCUT2D eigenvalue weighted by molar-refractivity contribution is -0.137. The lowest BCUT2D eigenvalue weighted by Gasteiger charge is -2.30. The van der Waals surface area contributed by atoms with Gasteiger partial charge in [-0.2, -0.15) is 0 Å². The molecular weight excluding hydrogens is 469 g/mol. The second-order valence-electron chi connectivity index (χ2n) is 8.43. The molecule has 9 heteroatoms. The summed E-state index contributed by atoms with van der Waals surface area (Å²) in [5, 5.41) is 7.00. The highest BCUT2D eigenvalue weighted by Gasteiger charge is 2.31. The van der Waals surface area contributed by atoms with E-state index in [1.165, 1.54) is 24.5 Å². The van der Waals surface area contributed by atoms with E-state index in [4.69, 9.17) is 4.74 Å². The number of benzene rings is 2. The van der Waals surface area contributed by atoms with Crippen LogP contribution >= 0.6 is 11.3 Å². The average Bonchev–Trinajstić information content (AvgIpc) is 3.41. The van der Waals surface area contributed by atoms with Crippen LogP contribution in [0.1, 0.15) is 34.1 Å². The van der Waals surface area contributed by atoms with Crippen LogP contribution in [0, 0.1) is 5.82 Å². The summed E-state index contributed by atoms with van der Waals surface area (Å²) < 4.78 is 19.7. The highest BCUT2D eigenvalue weighted by Crippen LogP contribution is 2.31. The molecule has 0 aliphatic carbocycles. The van der Waals surface area contributed by atoms with Crippen molar-refractivity contribution in [3.05, 3.63) is 81.8 Å². The Hall–Kier alpha value is -3.56. The van der Waals surface area contributed by atoms with E-state index < -0.39 is 23.2 Å². The molecule has 0 spiro atoms. The average molecular weight is 496 g/mol. The zero-order chi connectivity index (χ0) is 25.0. The number of anilines is 2. The Morgan fingerprint density at radius 1 is 1.11 bits per heavy atom. The Bertz CT molecular complexity index is 1250. The fourth-order valence-corrected chi connectivity index (χ4v) is 4.78. The van der Waals surface area contributed by atoms with Crippen molar-refractivity contribution in [2.24, 2.45) is 0 Å². The van der Waals surface area contributed by atoms with Crippen molar-refractivity contribution in [1.82, 2.24) is 5.32 Å². The number of hydrogen-bond acceptors (Lipinski definition) is 5. The van der Waals surface area contributed by atoms with Gasteiger partial charge in [0.25, 0.3) is 5.91 Å². The van der Waals surface area contributed by atoms with Gasteiger partial charge in [0, 0.05) is 30.6 Å². The first kappa shape index (κ1) is 24.6. The van der Waals surface area contributed by atoms with Crippen LogP contribution in [-0.2, 0) is 26.3 Å². The molecule has 4 rings (SSSR count). The molecule has 7 nitrogen and oxygen atoms in total. The number of hydrogen-bond donors (Lipinski definition) is 2. The number of halogens is 1. The van der Waals surface area contributed by atoms with Gasteiger partial charge in [-0.3, -0.25) is 14.4 Å². The van der Waals surface area contributed by atoms with Crippen LogP contribution in [0.25, 0.3) is 0 Å². The molecule has 182 valence electrons. The second kappa shape index (κ2) is 10.4. The van der Waals surface area contributed by atoms with E-state index in [2.05, 4.69) is 10.6 Å². The van der Waals surface area contributed by atoms with Crippen LogP contribution in [0.4, 0.5) is 15.8 Å². The quantitative estimate of drug-likeness (QED) is 0.504. The van der Waals surface area contributed by atoms with Crippen LogP contribution in [0.2, 0.25) is 0 Å². The van der Waals surface area contributed by atoms with Crippen molar-refractivity contribution < 1.29 is 23.5 Å². The number of thiophene rings is 1. The van der Waals surface area contributed by atoms with Crippen molar-refractivity contribution in [1.29, 1.82) is 0 Å². The van der Waals surface area contributed by atoms with Gasteiger partial charge in [0.05, 0.1) is 11.4 Å². The maximum atomic E-state index is 14.2. The number of amides is 3. The summed E-state index contributed by atoms with van der Waals surface area (Å²) in [4.78, 5) is 40.3. The largest absolute Gasteiger partial charge is 0.372 e. The molecule has 35 heavy (non-hydrogen) atoms. The van der Waals surface area contributed by atoms with Crippen molar-refractivity contribution >= 4 is 40.4 Å². The first-order chi connectivity index (χ1) is 16.8. The predicted molar refractivity (Wildman–Crippen MR) is 133 cm³/mol. The zero-order valence-corrected chi connectivity index (χ0v) is 20.3. The molecule has 2 heterocycles. The molecule has 1 aromatic heterocycles. The Labute approximate surface area is 206 Å². The number of carbonyl (C=O) groups excluding carboxylic acids is 3. The van der Waals surface area contributed by atoms with E-state index in [0.717, 1.165) is 24.1 Å². The minimum atomic E-state index is -1.15. The molecule has 0 saturated carbocycles. The fourth-order valence-electron chi connectivity index (χ4n) is 4.10.